The SMILES string of the molecule is CC(Cn1cnc2c(N)ncnc21)OCP(=O)(NC(C)c1ccc(C(F)(F)F)cc1)NC(C)(C)C(=O)O. The summed E-state index contributed by atoms with van der Waals surface area (Å²) in [5.41, 5.74) is 4.75. The van der Waals surface area contributed by atoms with Crippen LogP contribution >= 0.6 is 7.44 Å². The predicted molar refractivity (Wildman–Crippen MR) is 131 cm³/mol. The summed E-state index contributed by atoms with van der Waals surface area (Å²) in [5, 5.41) is 15.0. The average molecular weight is 543 g/mol. The molecule has 0 bridgehead atoms. The van der Waals surface area contributed by atoms with Gasteiger partial charge in [-0.2, -0.15) is 13.2 Å². The third-order valence-corrected chi connectivity index (χ3v) is 7.80. The van der Waals surface area contributed by atoms with E-state index in [0.717, 1.165) is 12.1 Å². The van der Waals surface area contributed by atoms with E-state index in [1.165, 1.54) is 38.6 Å². The number of carboxylic acid groups (broad SMARTS) is 1. The van der Waals surface area contributed by atoms with Gasteiger partial charge in [-0.05, 0) is 45.4 Å². The Morgan fingerprint density at radius 3 is 2.43 bits per heavy atom. The van der Waals surface area contributed by atoms with E-state index in [2.05, 4.69) is 25.1 Å². The standard InChI is InChI=1S/C22H29F3N7O4P/c1-13(9-32-11-29-17-18(26)27-10-28-19(17)32)36-12-37(35,31-21(3,4)20(33)34)30-14(2)15-5-7-16(8-6-15)22(23,24)25/h5-8,10-11,13-14H,9,12H2,1-4H3,(H,33,34)(H2,26,27,28)(H2,30,31,35). The van der Waals surface area contributed by atoms with Crippen LogP contribution in [0.15, 0.2) is 36.9 Å². The number of nitrogen functional groups attached to an aromatic ring is 1. The second-order valence-electron chi connectivity index (χ2n) is 9.19. The van der Waals surface area contributed by atoms with Crippen molar-refractivity contribution >= 4 is 30.4 Å². The smallest absolute Gasteiger partial charge is 0.416 e. The number of carboxylic acids is 1. The molecular weight excluding hydrogens is 514 g/mol. The van der Waals surface area contributed by atoms with E-state index >= 15 is 0 Å². The van der Waals surface area contributed by atoms with Crippen molar-refractivity contribution in [2.75, 3.05) is 12.1 Å². The number of imidazole rings is 1. The fourth-order valence-electron chi connectivity index (χ4n) is 3.54. The number of nitrogens with zero attached hydrogens (tertiary/aromatic N) is 4. The molecule has 1 aromatic carbocycles. The summed E-state index contributed by atoms with van der Waals surface area (Å²) < 4.78 is 60.1. The second kappa shape index (κ2) is 10.7. The highest BCUT2D eigenvalue weighted by Crippen LogP contribution is 2.42. The zero-order valence-electron chi connectivity index (χ0n) is 20.7. The van der Waals surface area contributed by atoms with Gasteiger partial charge in [0.05, 0.1) is 24.5 Å². The quantitative estimate of drug-likeness (QED) is 0.262. The van der Waals surface area contributed by atoms with E-state index in [9.17, 15) is 27.6 Å². The van der Waals surface area contributed by atoms with Crippen LogP contribution in [0.25, 0.3) is 11.2 Å². The summed E-state index contributed by atoms with van der Waals surface area (Å²) in [6.07, 6.45) is -2.58. The molecule has 11 nitrogen and oxygen atoms in total. The molecule has 0 aliphatic rings. The number of aliphatic carboxylic acids is 1. The number of fused-ring (bicyclic) bond motifs is 1. The number of rotatable bonds is 11. The number of hydrogen-bond donors (Lipinski definition) is 4. The number of nitrogens with two attached hydrogens (primary N) is 1. The molecule has 0 amide bonds. The van der Waals surface area contributed by atoms with Gasteiger partial charge in [0.25, 0.3) is 0 Å². The molecule has 2 aromatic heterocycles. The Labute approximate surface area is 211 Å². The first-order chi connectivity index (χ1) is 17.1. The van der Waals surface area contributed by atoms with Crippen molar-refractivity contribution in [3.63, 3.8) is 0 Å². The summed E-state index contributed by atoms with van der Waals surface area (Å²) in [7, 11) is -3.76. The number of hydrogen-bond acceptors (Lipinski definition) is 7. The number of nitrogens with one attached hydrogen (secondary N) is 2. The molecule has 37 heavy (non-hydrogen) atoms. The first-order valence-electron chi connectivity index (χ1n) is 11.2. The maximum atomic E-state index is 13.9. The molecule has 3 atom stereocenters. The highest BCUT2D eigenvalue weighted by atomic mass is 31.2. The minimum absolute atomic E-state index is 0.225. The monoisotopic (exact) mass is 543 g/mol. The van der Waals surface area contributed by atoms with E-state index in [1.807, 2.05) is 0 Å². The van der Waals surface area contributed by atoms with Crippen molar-refractivity contribution in [2.45, 2.75) is 58.1 Å². The van der Waals surface area contributed by atoms with Crippen LogP contribution in [0.2, 0.25) is 0 Å². The molecule has 0 saturated carbocycles. The van der Waals surface area contributed by atoms with E-state index in [4.69, 9.17) is 10.5 Å². The Morgan fingerprint density at radius 2 is 1.84 bits per heavy atom. The first-order valence-corrected chi connectivity index (χ1v) is 13.1. The van der Waals surface area contributed by atoms with Crippen LogP contribution in [0.1, 0.15) is 44.9 Å². The van der Waals surface area contributed by atoms with Gasteiger partial charge in [-0.3, -0.25) is 9.36 Å². The van der Waals surface area contributed by atoms with Crippen LogP contribution in [0.3, 0.4) is 0 Å². The molecule has 0 fully saturated rings. The Hall–Kier alpha value is -3.06. The van der Waals surface area contributed by atoms with Crippen molar-refractivity contribution in [3.05, 3.63) is 48.0 Å². The average Bonchev–Trinajstić information content (AvgIpc) is 3.21. The summed E-state index contributed by atoms with van der Waals surface area (Å²) in [5.74, 6) is -1.02. The maximum Gasteiger partial charge on any atom is 0.416 e. The largest absolute Gasteiger partial charge is 0.480 e. The highest BCUT2D eigenvalue weighted by molar-refractivity contribution is 7.59. The van der Waals surface area contributed by atoms with E-state index in [-0.39, 0.29) is 12.4 Å². The first kappa shape index (κ1) is 28.5. The van der Waals surface area contributed by atoms with Crippen molar-refractivity contribution in [1.82, 2.24) is 29.7 Å². The van der Waals surface area contributed by atoms with E-state index < -0.39 is 49.2 Å². The van der Waals surface area contributed by atoms with Crippen LogP contribution in [-0.2, 0) is 26.8 Å². The maximum absolute atomic E-state index is 13.9. The minimum atomic E-state index is -4.49. The van der Waals surface area contributed by atoms with Crippen molar-refractivity contribution in [2.24, 2.45) is 0 Å². The Bertz CT molecular complexity index is 1300. The zero-order chi connectivity index (χ0) is 27.6. The lowest BCUT2D eigenvalue weighted by Gasteiger charge is -2.32. The zero-order valence-corrected chi connectivity index (χ0v) is 21.5. The number of aromatic nitrogens is 4. The third kappa shape index (κ3) is 7.04. The number of ether oxygens (including phenoxy) is 1. The number of halogens is 3. The van der Waals surface area contributed by atoms with Gasteiger partial charge in [0, 0.05) is 6.04 Å². The fraction of sp³-hybridized carbons (Fsp3) is 0.455. The molecular formula is C22H29F3N7O4P. The van der Waals surface area contributed by atoms with E-state index in [0.29, 0.717) is 16.7 Å². The summed E-state index contributed by atoms with van der Waals surface area (Å²) >= 11 is 0. The lowest BCUT2D eigenvalue weighted by Crippen LogP contribution is -2.47. The molecule has 0 radical (unpaired) electrons. The highest BCUT2D eigenvalue weighted by Gasteiger charge is 2.37. The van der Waals surface area contributed by atoms with Gasteiger partial charge in [0.15, 0.2) is 11.5 Å². The molecule has 0 aliphatic heterocycles. The van der Waals surface area contributed by atoms with Gasteiger partial charge in [0.2, 0.25) is 7.44 Å². The predicted octanol–water partition coefficient (Wildman–Crippen LogP) is 3.79. The number of carbonyl (C=O) groups is 1. The molecule has 2 heterocycles. The van der Waals surface area contributed by atoms with Gasteiger partial charge >= 0.3 is 12.1 Å². The van der Waals surface area contributed by atoms with Crippen LogP contribution < -0.4 is 15.9 Å². The lowest BCUT2D eigenvalue weighted by atomic mass is 10.1. The normalized spacial score (nSPS) is 15.9. The van der Waals surface area contributed by atoms with Crippen molar-refractivity contribution in [1.29, 1.82) is 0 Å². The van der Waals surface area contributed by atoms with Crippen LogP contribution in [-0.4, -0.2) is 48.6 Å². The molecule has 0 spiro atoms. The van der Waals surface area contributed by atoms with Gasteiger partial charge < -0.3 is 20.1 Å². The van der Waals surface area contributed by atoms with Gasteiger partial charge in [-0.1, -0.05) is 12.1 Å². The summed E-state index contributed by atoms with van der Waals surface area (Å²) in [4.78, 5) is 23.9. The number of benzene rings is 1. The molecule has 0 saturated heterocycles. The van der Waals surface area contributed by atoms with Gasteiger partial charge in [-0.15, -0.1) is 0 Å². The van der Waals surface area contributed by atoms with E-state index in [1.54, 1.807) is 18.4 Å². The molecule has 3 unspecified atom stereocenters. The molecule has 202 valence electrons. The topological polar surface area (TPSA) is 157 Å². The Balaban J connectivity index is 1.75. The molecule has 3 aromatic rings. The molecule has 5 N–H and O–H groups in total. The second-order valence-corrected chi connectivity index (χ2v) is 11.4. The molecule has 3 rings (SSSR count). The van der Waals surface area contributed by atoms with Crippen molar-refractivity contribution in [3.8, 4) is 0 Å². The molecule has 0 aliphatic carbocycles. The van der Waals surface area contributed by atoms with Crippen molar-refractivity contribution < 1.29 is 32.4 Å². The van der Waals surface area contributed by atoms with Crippen LogP contribution in [0, 0.1) is 0 Å². The lowest BCUT2D eigenvalue weighted by molar-refractivity contribution is -0.142. The summed E-state index contributed by atoms with van der Waals surface area (Å²) in [6, 6.07) is 3.71. The number of anilines is 1. The minimum Gasteiger partial charge on any atom is -0.480 e. The fourth-order valence-corrected chi connectivity index (χ4v) is 5.98. The number of alkyl halides is 3. The van der Waals surface area contributed by atoms with Gasteiger partial charge in [-0.25, -0.2) is 25.1 Å². The molecule has 15 heteroatoms. The third-order valence-electron chi connectivity index (χ3n) is 5.56. The Kier molecular flexibility index (Phi) is 8.27. The van der Waals surface area contributed by atoms with Crippen LogP contribution in [0.4, 0.5) is 19.0 Å². The summed E-state index contributed by atoms with van der Waals surface area (Å²) in [6.45, 7) is 6.29. The Morgan fingerprint density at radius 1 is 1.19 bits per heavy atom. The van der Waals surface area contributed by atoms with Gasteiger partial charge in [0.1, 0.15) is 23.7 Å². The van der Waals surface area contributed by atoms with Crippen LogP contribution in [0.5, 0.6) is 0 Å².